The molecule has 0 saturated heterocycles. The summed E-state index contributed by atoms with van der Waals surface area (Å²) in [4.78, 5) is 70.9. The van der Waals surface area contributed by atoms with Crippen LogP contribution in [-0.2, 0) is 28.8 Å². The number of amides is 3. The van der Waals surface area contributed by atoms with Gasteiger partial charge in [0.05, 0.1) is 18.9 Å². The molecule has 0 aromatic rings. The number of hydrogen-bond donors (Lipinski definition) is 9. The summed E-state index contributed by atoms with van der Waals surface area (Å²) in [6.45, 7) is 0.628. The Kier molecular flexibility index (Phi) is 15.6. The molecular weight excluding hydrogens is 468 g/mol. The van der Waals surface area contributed by atoms with Crippen LogP contribution in [0, 0.1) is 0 Å². The molecule has 0 aliphatic carbocycles. The summed E-state index contributed by atoms with van der Waals surface area (Å²) in [6, 6.07) is -5.55. The molecule has 0 aromatic carbocycles. The van der Waals surface area contributed by atoms with Crippen molar-refractivity contribution in [3.63, 3.8) is 0 Å². The lowest BCUT2D eigenvalue weighted by molar-refractivity contribution is -0.147. The summed E-state index contributed by atoms with van der Waals surface area (Å²) < 4.78 is 0. The molecule has 4 unspecified atom stereocenters. The first kappa shape index (κ1) is 31.7. The third kappa shape index (κ3) is 13.9. The minimum atomic E-state index is -1.72. The molecule has 15 nitrogen and oxygen atoms in total. The molecule has 200 valence electrons. The number of unbranched alkanes of at least 4 members (excludes halogenated alkanes) is 2. The zero-order valence-corrected chi connectivity index (χ0v) is 19.4. The Morgan fingerprint density at radius 3 is 1.37 bits per heavy atom. The normalized spacial score (nSPS) is 14.1. The maximum Gasteiger partial charge on any atom is 0.326 e. The van der Waals surface area contributed by atoms with Crippen LogP contribution >= 0.6 is 0 Å². The van der Waals surface area contributed by atoms with E-state index in [0.717, 1.165) is 0 Å². The molecule has 0 heterocycles. The van der Waals surface area contributed by atoms with Crippen LogP contribution in [-0.4, -0.2) is 88.2 Å². The smallest absolute Gasteiger partial charge is 0.326 e. The molecule has 0 fully saturated rings. The van der Waals surface area contributed by atoms with Gasteiger partial charge in [-0.2, -0.15) is 0 Å². The van der Waals surface area contributed by atoms with Crippen molar-refractivity contribution in [2.24, 2.45) is 17.2 Å². The molecule has 0 radical (unpaired) electrons. The van der Waals surface area contributed by atoms with Crippen molar-refractivity contribution >= 4 is 35.6 Å². The first-order chi connectivity index (χ1) is 16.4. The van der Waals surface area contributed by atoms with Crippen LogP contribution in [0.15, 0.2) is 0 Å². The number of rotatable bonds is 19. The quantitative estimate of drug-likeness (QED) is 0.0799. The Labute approximate surface area is 202 Å². The van der Waals surface area contributed by atoms with E-state index in [0.29, 0.717) is 38.8 Å². The fourth-order valence-electron chi connectivity index (χ4n) is 3.00. The number of hydrogen-bond acceptors (Lipinski definition) is 9. The van der Waals surface area contributed by atoms with Crippen molar-refractivity contribution in [3.05, 3.63) is 0 Å². The van der Waals surface area contributed by atoms with E-state index in [-0.39, 0.29) is 12.8 Å². The van der Waals surface area contributed by atoms with Crippen LogP contribution in [0.1, 0.15) is 51.4 Å². The lowest BCUT2D eigenvalue weighted by Gasteiger charge is -2.25. The highest BCUT2D eigenvalue weighted by molar-refractivity contribution is 5.95. The van der Waals surface area contributed by atoms with Crippen molar-refractivity contribution in [1.82, 2.24) is 16.0 Å². The van der Waals surface area contributed by atoms with Gasteiger partial charge >= 0.3 is 17.9 Å². The lowest BCUT2D eigenvalue weighted by atomic mass is 10.0. The molecule has 0 rings (SSSR count). The fraction of sp³-hybridized carbons (Fsp3) is 0.700. The first-order valence-corrected chi connectivity index (χ1v) is 11.2. The lowest BCUT2D eigenvalue weighted by Crippen LogP contribution is -2.57. The standard InChI is InChI=1S/C20H36N6O9/c21-7-3-1-5-12(24-17(31)11(23)9-15(27)28)18(32)25-13(6-2-4-8-22)19(33)26-14(20(34)35)10-16(29)30/h11-14H,1-10,21-23H2,(H,24,31)(H,25,32)(H,26,33)(H,27,28)(H,29,30)(H,34,35). The average molecular weight is 505 g/mol. The number of carboxylic acids is 3. The zero-order chi connectivity index (χ0) is 27.0. The maximum atomic E-state index is 12.9. The van der Waals surface area contributed by atoms with E-state index >= 15 is 0 Å². The van der Waals surface area contributed by atoms with E-state index in [4.69, 9.17) is 27.4 Å². The van der Waals surface area contributed by atoms with Gasteiger partial charge in [-0.05, 0) is 51.6 Å². The highest BCUT2D eigenvalue weighted by atomic mass is 16.4. The van der Waals surface area contributed by atoms with E-state index < -0.39 is 72.6 Å². The topological polar surface area (TPSA) is 277 Å². The maximum absolute atomic E-state index is 12.9. The van der Waals surface area contributed by atoms with Crippen molar-refractivity contribution < 1.29 is 44.1 Å². The van der Waals surface area contributed by atoms with Gasteiger partial charge in [0.25, 0.3) is 0 Å². The summed E-state index contributed by atoms with van der Waals surface area (Å²) in [6.07, 6.45) is 0.482. The number of carboxylic acid groups (broad SMARTS) is 3. The van der Waals surface area contributed by atoms with Gasteiger partial charge in [-0.15, -0.1) is 0 Å². The van der Waals surface area contributed by atoms with Crippen molar-refractivity contribution in [2.45, 2.75) is 75.5 Å². The second-order valence-corrected chi connectivity index (χ2v) is 7.89. The first-order valence-electron chi connectivity index (χ1n) is 11.2. The SMILES string of the molecule is NCCCCC(NC(=O)C(N)CC(=O)O)C(=O)NC(CCCCN)C(=O)NC(CC(=O)O)C(=O)O. The van der Waals surface area contributed by atoms with Crippen molar-refractivity contribution in [3.8, 4) is 0 Å². The van der Waals surface area contributed by atoms with E-state index in [9.17, 15) is 33.9 Å². The minimum Gasteiger partial charge on any atom is -0.481 e. The van der Waals surface area contributed by atoms with E-state index in [1.807, 2.05) is 0 Å². The van der Waals surface area contributed by atoms with Crippen LogP contribution in [0.3, 0.4) is 0 Å². The molecule has 12 N–H and O–H groups in total. The molecule has 0 aromatic heterocycles. The van der Waals surface area contributed by atoms with Gasteiger partial charge in [-0.3, -0.25) is 24.0 Å². The second kappa shape index (κ2) is 17.2. The van der Waals surface area contributed by atoms with Crippen molar-refractivity contribution in [1.29, 1.82) is 0 Å². The van der Waals surface area contributed by atoms with Crippen molar-refractivity contribution in [2.75, 3.05) is 13.1 Å². The van der Waals surface area contributed by atoms with Gasteiger partial charge in [0.2, 0.25) is 17.7 Å². The summed E-state index contributed by atoms with van der Waals surface area (Å²) in [7, 11) is 0. The molecule has 0 spiro atoms. The molecule has 0 saturated carbocycles. The minimum absolute atomic E-state index is 0.0657. The van der Waals surface area contributed by atoms with Crippen LogP contribution in [0.2, 0.25) is 0 Å². The molecule has 35 heavy (non-hydrogen) atoms. The number of aliphatic carboxylic acids is 3. The summed E-state index contributed by atoms with van der Waals surface area (Å²) >= 11 is 0. The third-order valence-corrected chi connectivity index (χ3v) is 4.88. The number of nitrogens with two attached hydrogens (primary N) is 3. The summed E-state index contributed by atoms with van der Waals surface area (Å²) in [5, 5.41) is 33.8. The largest absolute Gasteiger partial charge is 0.481 e. The van der Waals surface area contributed by atoms with Gasteiger partial charge in [0, 0.05) is 0 Å². The Hall–Kier alpha value is -3.30. The van der Waals surface area contributed by atoms with Gasteiger partial charge in [-0.25, -0.2) is 4.79 Å². The summed E-state index contributed by atoms with van der Waals surface area (Å²) in [5.41, 5.74) is 16.5. The number of carbonyl (C=O) groups excluding carboxylic acids is 3. The molecule has 3 amide bonds. The number of carbonyl (C=O) groups is 6. The van der Waals surface area contributed by atoms with E-state index in [1.54, 1.807) is 0 Å². The Morgan fingerprint density at radius 2 is 1.00 bits per heavy atom. The number of nitrogens with one attached hydrogen (secondary N) is 3. The molecule has 0 aliphatic heterocycles. The second-order valence-electron chi connectivity index (χ2n) is 7.89. The van der Waals surface area contributed by atoms with Gasteiger partial charge in [-0.1, -0.05) is 0 Å². The Balaban J connectivity index is 5.55. The van der Waals surface area contributed by atoms with E-state index in [2.05, 4.69) is 16.0 Å². The average Bonchev–Trinajstić information content (AvgIpc) is 2.76. The third-order valence-electron chi connectivity index (χ3n) is 4.88. The van der Waals surface area contributed by atoms with Crippen LogP contribution in [0.4, 0.5) is 0 Å². The predicted octanol–water partition coefficient (Wildman–Crippen LogP) is -2.94. The molecule has 0 bridgehead atoms. The Morgan fingerprint density at radius 1 is 0.600 bits per heavy atom. The fourth-order valence-corrected chi connectivity index (χ4v) is 3.00. The zero-order valence-electron chi connectivity index (χ0n) is 19.4. The monoisotopic (exact) mass is 504 g/mol. The predicted molar refractivity (Wildman–Crippen MR) is 122 cm³/mol. The van der Waals surface area contributed by atoms with Gasteiger partial charge < -0.3 is 48.5 Å². The summed E-state index contributed by atoms with van der Waals surface area (Å²) in [5.74, 6) is -6.89. The molecule has 15 heteroatoms. The molecule has 0 aliphatic rings. The molecule has 4 atom stereocenters. The highest BCUT2D eigenvalue weighted by Gasteiger charge is 2.31. The van der Waals surface area contributed by atoms with Crippen LogP contribution in [0.25, 0.3) is 0 Å². The molecular formula is C20H36N6O9. The van der Waals surface area contributed by atoms with Gasteiger partial charge in [0.1, 0.15) is 18.1 Å². The highest BCUT2D eigenvalue weighted by Crippen LogP contribution is 2.07. The van der Waals surface area contributed by atoms with E-state index in [1.165, 1.54) is 0 Å². The van der Waals surface area contributed by atoms with Crippen LogP contribution in [0.5, 0.6) is 0 Å². The van der Waals surface area contributed by atoms with Gasteiger partial charge in [0.15, 0.2) is 0 Å². The Bertz CT molecular complexity index is 749. The van der Waals surface area contributed by atoms with Crippen LogP contribution < -0.4 is 33.2 Å².